The maximum absolute atomic E-state index is 12.9. The topological polar surface area (TPSA) is 78.9 Å². The molecule has 0 amide bonds. The highest BCUT2D eigenvalue weighted by molar-refractivity contribution is 5.71. The van der Waals surface area contributed by atoms with Crippen LogP contribution in [0.1, 0.15) is 290 Å². The largest absolute Gasteiger partial charge is 0.462 e. The SMILES string of the molecule is CC/C=C\C/C=C\C/C=C\C/C=C\C/C=C\C/C=C\CCC(=O)OC(COC(=O)CCCCCCCCC/C=C\C/C=C\C/C=C\CC)COC(=O)CCCCCCCCCCCCCCCCCC/C=C\C/C=C\C/C=C\C/C=C\CC. The normalized spacial score (nSPS) is 13.1. The minimum absolute atomic E-state index is 0.116. The quantitative estimate of drug-likeness (QED) is 0.0261. The van der Waals surface area contributed by atoms with Gasteiger partial charge in [0.2, 0.25) is 0 Å². The number of allylic oxidation sites excluding steroid dienone is 26. The van der Waals surface area contributed by atoms with Crippen molar-refractivity contribution in [1.29, 1.82) is 0 Å². The van der Waals surface area contributed by atoms with Crippen LogP contribution in [0.4, 0.5) is 0 Å². The molecule has 0 aromatic carbocycles. The number of ether oxygens (including phenoxy) is 3. The highest BCUT2D eigenvalue weighted by atomic mass is 16.6. The van der Waals surface area contributed by atoms with Gasteiger partial charge in [-0.15, -0.1) is 0 Å². The first-order valence-corrected chi connectivity index (χ1v) is 34.0. The summed E-state index contributed by atoms with van der Waals surface area (Å²) in [4.78, 5) is 38.4. The van der Waals surface area contributed by atoms with Crippen molar-refractivity contribution in [1.82, 2.24) is 0 Å². The van der Waals surface area contributed by atoms with E-state index in [0.717, 1.165) is 128 Å². The minimum Gasteiger partial charge on any atom is -0.462 e. The maximum Gasteiger partial charge on any atom is 0.306 e. The summed E-state index contributed by atoms with van der Waals surface area (Å²) < 4.78 is 16.9. The number of carbonyl (C=O) groups is 3. The van der Waals surface area contributed by atoms with E-state index in [1.165, 1.54) is 116 Å². The third-order valence-electron chi connectivity index (χ3n) is 14.0. The molecule has 0 aliphatic rings. The Morgan fingerprint density at radius 2 is 0.458 bits per heavy atom. The van der Waals surface area contributed by atoms with Gasteiger partial charge in [-0.2, -0.15) is 0 Å². The van der Waals surface area contributed by atoms with E-state index in [2.05, 4.69) is 173 Å². The second-order valence-corrected chi connectivity index (χ2v) is 21.9. The molecule has 0 bridgehead atoms. The van der Waals surface area contributed by atoms with Gasteiger partial charge >= 0.3 is 17.9 Å². The first kappa shape index (κ1) is 78.0. The van der Waals surface area contributed by atoms with Gasteiger partial charge in [-0.05, 0) is 128 Å². The zero-order valence-electron chi connectivity index (χ0n) is 53.7. The van der Waals surface area contributed by atoms with Crippen LogP contribution in [0.15, 0.2) is 158 Å². The Balaban J connectivity index is 4.40. The summed E-state index contributed by atoms with van der Waals surface area (Å²) in [5.74, 6) is -1.01. The molecule has 1 atom stereocenters. The molecule has 0 saturated carbocycles. The molecule has 0 aliphatic heterocycles. The summed E-state index contributed by atoms with van der Waals surface area (Å²) in [5, 5.41) is 0. The molecule has 0 heterocycles. The average molecular weight is 1150 g/mol. The third-order valence-corrected chi connectivity index (χ3v) is 14.0. The molecule has 0 saturated heterocycles. The van der Waals surface area contributed by atoms with Crippen LogP contribution in [0.25, 0.3) is 0 Å². The Kier molecular flexibility index (Phi) is 65.4. The summed E-state index contributed by atoms with van der Waals surface area (Å²) in [5.41, 5.74) is 0. The first-order chi connectivity index (χ1) is 41.0. The minimum atomic E-state index is -0.831. The van der Waals surface area contributed by atoms with Gasteiger partial charge in [-0.1, -0.05) is 301 Å². The molecule has 83 heavy (non-hydrogen) atoms. The zero-order chi connectivity index (χ0) is 59.9. The molecule has 0 radical (unpaired) electrons. The molecule has 468 valence electrons. The van der Waals surface area contributed by atoms with Gasteiger partial charge in [-0.25, -0.2) is 0 Å². The fourth-order valence-electron chi connectivity index (χ4n) is 9.06. The molecule has 0 N–H and O–H groups in total. The van der Waals surface area contributed by atoms with Crippen LogP contribution in [0.2, 0.25) is 0 Å². The predicted octanol–water partition coefficient (Wildman–Crippen LogP) is 23.7. The fraction of sp³-hybridized carbons (Fsp3) is 0.623. The number of esters is 3. The average Bonchev–Trinajstić information content (AvgIpc) is 3.49. The Morgan fingerprint density at radius 1 is 0.241 bits per heavy atom. The van der Waals surface area contributed by atoms with Crippen molar-refractivity contribution in [3.8, 4) is 0 Å². The van der Waals surface area contributed by atoms with Crippen LogP contribution in [0, 0.1) is 0 Å². The lowest BCUT2D eigenvalue weighted by atomic mass is 10.0. The standard InChI is InChI=1S/C77H124O6/c1-4-7-10-13-16-19-22-25-28-31-33-34-35-36-37-38-39-40-41-42-44-46-49-52-55-58-61-64-67-70-76(79)82-73-74(72-81-75(78)69-66-63-60-57-54-51-48-45-30-27-24-21-18-15-12-9-6-3)83-77(80)71-68-65-62-59-56-53-50-47-43-32-29-26-23-20-17-14-11-8-5-2/h7-12,16-21,25-30,33-34,43,47,53,56,62,65,74H,4-6,13-15,22-24,31-32,35-42,44-46,48-52,54-55,57-61,63-64,66-73H2,1-3H3/b10-7-,11-8-,12-9-,19-16-,20-17-,21-18-,28-25-,29-26-,30-27-,34-33-,47-43-,56-53-,65-62-. The zero-order valence-corrected chi connectivity index (χ0v) is 53.7. The molecular formula is C77H124O6. The van der Waals surface area contributed by atoms with Gasteiger partial charge in [0.25, 0.3) is 0 Å². The molecule has 6 heteroatoms. The molecule has 0 fully saturated rings. The van der Waals surface area contributed by atoms with Crippen molar-refractivity contribution in [2.75, 3.05) is 13.2 Å². The fourth-order valence-corrected chi connectivity index (χ4v) is 9.06. The van der Waals surface area contributed by atoms with Gasteiger partial charge in [0.05, 0.1) is 0 Å². The summed E-state index contributed by atoms with van der Waals surface area (Å²) in [6.45, 7) is 6.25. The second-order valence-electron chi connectivity index (χ2n) is 21.9. The van der Waals surface area contributed by atoms with Crippen LogP contribution in [0.5, 0.6) is 0 Å². The van der Waals surface area contributed by atoms with Gasteiger partial charge in [-0.3, -0.25) is 14.4 Å². The van der Waals surface area contributed by atoms with E-state index in [1.54, 1.807) is 0 Å². The lowest BCUT2D eigenvalue weighted by molar-refractivity contribution is -0.166. The molecule has 0 aromatic rings. The van der Waals surface area contributed by atoms with Crippen molar-refractivity contribution in [3.05, 3.63) is 158 Å². The Labute approximate surface area is 511 Å². The third kappa shape index (κ3) is 67.7. The van der Waals surface area contributed by atoms with E-state index in [0.29, 0.717) is 19.3 Å². The number of carbonyl (C=O) groups excluding carboxylic acids is 3. The van der Waals surface area contributed by atoms with Crippen molar-refractivity contribution < 1.29 is 28.6 Å². The molecular weight excluding hydrogens is 1020 g/mol. The van der Waals surface area contributed by atoms with Crippen molar-refractivity contribution >= 4 is 17.9 Å². The summed E-state index contributed by atoms with van der Waals surface area (Å²) in [6, 6.07) is 0. The second kappa shape index (κ2) is 69.5. The van der Waals surface area contributed by atoms with Crippen molar-refractivity contribution in [2.24, 2.45) is 0 Å². The molecule has 0 spiro atoms. The van der Waals surface area contributed by atoms with E-state index in [-0.39, 0.29) is 31.6 Å². The number of rotatable bonds is 60. The van der Waals surface area contributed by atoms with E-state index >= 15 is 0 Å². The van der Waals surface area contributed by atoms with Gasteiger partial charge < -0.3 is 14.2 Å². The Bertz CT molecular complexity index is 1840. The molecule has 0 aliphatic carbocycles. The smallest absolute Gasteiger partial charge is 0.306 e. The van der Waals surface area contributed by atoms with Gasteiger partial charge in [0, 0.05) is 19.3 Å². The van der Waals surface area contributed by atoms with Crippen LogP contribution >= 0.6 is 0 Å². The Morgan fingerprint density at radius 3 is 0.723 bits per heavy atom. The first-order valence-electron chi connectivity index (χ1n) is 34.0. The number of unbranched alkanes of at least 4 members (excludes halogenated alkanes) is 23. The maximum atomic E-state index is 12.9. The van der Waals surface area contributed by atoms with Crippen LogP contribution < -0.4 is 0 Å². The molecule has 1 unspecified atom stereocenters. The van der Waals surface area contributed by atoms with Gasteiger partial charge in [0.1, 0.15) is 13.2 Å². The number of hydrogen-bond donors (Lipinski definition) is 0. The highest BCUT2D eigenvalue weighted by Crippen LogP contribution is 2.16. The van der Waals surface area contributed by atoms with E-state index in [9.17, 15) is 14.4 Å². The van der Waals surface area contributed by atoms with Crippen LogP contribution in [0.3, 0.4) is 0 Å². The van der Waals surface area contributed by atoms with Crippen LogP contribution in [-0.2, 0) is 28.6 Å². The van der Waals surface area contributed by atoms with Crippen molar-refractivity contribution in [2.45, 2.75) is 297 Å². The van der Waals surface area contributed by atoms with Crippen LogP contribution in [-0.4, -0.2) is 37.2 Å². The molecule has 6 nitrogen and oxygen atoms in total. The summed E-state index contributed by atoms with van der Waals surface area (Å²) >= 11 is 0. The molecule has 0 rings (SSSR count). The molecule has 0 aromatic heterocycles. The number of hydrogen-bond acceptors (Lipinski definition) is 6. The lowest BCUT2D eigenvalue weighted by Crippen LogP contribution is -2.30. The van der Waals surface area contributed by atoms with Crippen molar-refractivity contribution in [3.63, 3.8) is 0 Å². The predicted molar refractivity (Wildman–Crippen MR) is 362 cm³/mol. The summed E-state index contributed by atoms with van der Waals surface area (Å²) in [7, 11) is 0. The van der Waals surface area contributed by atoms with E-state index in [4.69, 9.17) is 14.2 Å². The highest BCUT2D eigenvalue weighted by Gasteiger charge is 2.19. The van der Waals surface area contributed by atoms with E-state index < -0.39 is 12.1 Å². The monoisotopic (exact) mass is 1140 g/mol. The van der Waals surface area contributed by atoms with Gasteiger partial charge in [0.15, 0.2) is 6.10 Å². The van der Waals surface area contributed by atoms with E-state index in [1.807, 2.05) is 6.08 Å². The Hall–Kier alpha value is -4.97. The summed E-state index contributed by atoms with van der Waals surface area (Å²) in [6.07, 6.45) is 101. The lowest BCUT2D eigenvalue weighted by Gasteiger charge is -2.18.